The number of Topliss-reactive ketones (excluding diaryl/α,β-unsaturated/α-hetero) is 1. The minimum Gasteiger partial charge on any atom is -0.320 e. The molecule has 1 aromatic heterocycles. The summed E-state index contributed by atoms with van der Waals surface area (Å²) in [5.41, 5.74) is 0.555. The molecule has 1 aromatic carbocycles. The minimum absolute atomic E-state index is 0.0864. The molecule has 0 unspecified atom stereocenters. The zero-order valence-corrected chi connectivity index (χ0v) is 11.7. The summed E-state index contributed by atoms with van der Waals surface area (Å²) in [5.74, 6) is 0.146. The van der Waals surface area contributed by atoms with Crippen LogP contribution in [-0.4, -0.2) is 21.2 Å². The predicted molar refractivity (Wildman–Crippen MR) is 76.9 cm³/mol. The number of halogens is 1. The second kappa shape index (κ2) is 6.34. The van der Waals surface area contributed by atoms with Crippen molar-refractivity contribution in [3.63, 3.8) is 0 Å². The fourth-order valence-corrected chi connectivity index (χ4v) is 1.81. The van der Waals surface area contributed by atoms with E-state index in [9.17, 15) is 9.59 Å². The van der Waals surface area contributed by atoms with Gasteiger partial charge in [0, 0.05) is 42.9 Å². The molecule has 104 valence electrons. The fraction of sp³-hybridized carbons (Fsp3) is 0.214. The first-order valence-electron chi connectivity index (χ1n) is 6.12. The predicted octanol–water partition coefficient (Wildman–Crippen LogP) is 2.68. The maximum Gasteiger partial charge on any atom is 0.227 e. The SMILES string of the molecule is Cn1ccnc1NC(=O)CCC(=O)c1ccc(Cl)cc1. The van der Waals surface area contributed by atoms with Crippen LogP contribution >= 0.6 is 11.6 Å². The minimum atomic E-state index is -0.235. The summed E-state index contributed by atoms with van der Waals surface area (Å²) in [4.78, 5) is 27.6. The van der Waals surface area contributed by atoms with Gasteiger partial charge in [-0.1, -0.05) is 11.6 Å². The Kier molecular flexibility index (Phi) is 4.53. The van der Waals surface area contributed by atoms with E-state index in [1.54, 1.807) is 48.3 Å². The van der Waals surface area contributed by atoms with E-state index >= 15 is 0 Å². The molecular weight excluding hydrogens is 278 g/mol. The zero-order valence-electron chi connectivity index (χ0n) is 11.0. The van der Waals surface area contributed by atoms with Crippen molar-refractivity contribution >= 4 is 29.2 Å². The van der Waals surface area contributed by atoms with Crippen molar-refractivity contribution in [2.24, 2.45) is 7.05 Å². The summed E-state index contributed by atoms with van der Waals surface area (Å²) in [5, 5.41) is 3.22. The third-order valence-electron chi connectivity index (χ3n) is 2.82. The molecule has 0 aliphatic carbocycles. The average molecular weight is 292 g/mol. The number of amides is 1. The molecular formula is C14H14ClN3O2. The molecule has 0 spiro atoms. The standard InChI is InChI=1S/C14H14ClN3O2/c1-18-9-8-16-14(18)17-13(20)7-6-12(19)10-2-4-11(15)5-3-10/h2-5,8-9H,6-7H2,1H3,(H,16,17,20). The first kappa shape index (κ1) is 14.3. The van der Waals surface area contributed by atoms with Crippen molar-refractivity contribution in [3.8, 4) is 0 Å². The number of nitrogens with one attached hydrogen (secondary N) is 1. The van der Waals surface area contributed by atoms with Gasteiger partial charge < -0.3 is 4.57 Å². The van der Waals surface area contributed by atoms with Gasteiger partial charge in [0.15, 0.2) is 5.78 Å². The van der Waals surface area contributed by atoms with Gasteiger partial charge in [-0.25, -0.2) is 4.98 Å². The first-order valence-corrected chi connectivity index (χ1v) is 6.50. The van der Waals surface area contributed by atoms with Gasteiger partial charge in [-0.3, -0.25) is 14.9 Å². The Morgan fingerprint density at radius 2 is 1.95 bits per heavy atom. The van der Waals surface area contributed by atoms with E-state index in [2.05, 4.69) is 10.3 Å². The van der Waals surface area contributed by atoms with Crippen LogP contribution in [0.5, 0.6) is 0 Å². The molecule has 1 heterocycles. The number of imidazole rings is 1. The number of anilines is 1. The van der Waals surface area contributed by atoms with E-state index in [1.165, 1.54) is 0 Å². The van der Waals surface area contributed by atoms with Gasteiger partial charge in [-0.05, 0) is 24.3 Å². The van der Waals surface area contributed by atoms with Crippen molar-refractivity contribution in [3.05, 3.63) is 47.2 Å². The number of carbonyl (C=O) groups excluding carboxylic acids is 2. The summed E-state index contributed by atoms with van der Waals surface area (Å²) in [6.07, 6.45) is 3.59. The van der Waals surface area contributed by atoms with Crippen LogP contribution in [0.1, 0.15) is 23.2 Å². The molecule has 0 atom stereocenters. The molecule has 5 nitrogen and oxygen atoms in total. The molecule has 2 rings (SSSR count). The topological polar surface area (TPSA) is 64.0 Å². The third kappa shape index (κ3) is 3.68. The lowest BCUT2D eigenvalue weighted by Crippen LogP contribution is -2.16. The lowest BCUT2D eigenvalue weighted by Gasteiger charge is -2.04. The number of carbonyl (C=O) groups is 2. The van der Waals surface area contributed by atoms with E-state index in [1.807, 2.05) is 0 Å². The van der Waals surface area contributed by atoms with E-state index in [0.717, 1.165) is 0 Å². The lowest BCUT2D eigenvalue weighted by atomic mass is 10.1. The number of nitrogens with zero attached hydrogens (tertiary/aromatic N) is 2. The molecule has 0 fully saturated rings. The van der Waals surface area contributed by atoms with Gasteiger partial charge >= 0.3 is 0 Å². The Morgan fingerprint density at radius 3 is 2.55 bits per heavy atom. The van der Waals surface area contributed by atoms with E-state index in [4.69, 9.17) is 11.6 Å². The Hall–Kier alpha value is -2.14. The van der Waals surface area contributed by atoms with Gasteiger partial charge in [-0.15, -0.1) is 0 Å². The smallest absolute Gasteiger partial charge is 0.227 e. The molecule has 0 bridgehead atoms. The second-order valence-electron chi connectivity index (χ2n) is 4.34. The number of aromatic nitrogens is 2. The Morgan fingerprint density at radius 1 is 1.25 bits per heavy atom. The van der Waals surface area contributed by atoms with Crippen LogP contribution in [0, 0.1) is 0 Å². The number of aryl methyl sites for hydroxylation is 1. The van der Waals surface area contributed by atoms with Crippen molar-refractivity contribution in [1.82, 2.24) is 9.55 Å². The highest BCUT2D eigenvalue weighted by Crippen LogP contribution is 2.12. The fourth-order valence-electron chi connectivity index (χ4n) is 1.68. The second-order valence-corrected chi connectivity index (χ2v) is 4.78. The number of rotatable bonds is 5. The van der Waals surface area contributed by atoms with Gasteiger partial charge in [0.1, 0.15) is 0 Å². The van der Waals surface area contributed by atoms with Crippen LogP contribution in [0.25, 0.3) is 0 Å². The van der Waals surface area contributed by atoms with Gasteiger partial charge in [-0.2, -0.15) is 0 Å². The molecule has 0 aliphatic heterocycles. The Labute approximate surface area is 121 Å². The number of hydrogen-bond acceptors (Lipinski definition) is 3. The summed E-state index contributed by atoms with van der Waals surface area (Å²) in [7, 11) is 1.78. The molecule has 0 saturated heterocycles. The van der Waals surface area contributed by atoms with E-state index < -0.39 is 0 Å². The molecule has 1 N–H and O–H groups in total. The van der Waals surface area contributed by atoms with Crippen molar-refractivity contribution in [2.45, 2.75) is 12.8 Å². The Balaban J connectivity index is 1.85. The number of ketones is 1. The molecule has 6 heteroatoms. The van der Waals surface area contributed by atoms with Crippen LogP contribution in [0.4, 0.5) is 5.95 Å². The molecule has 20 heavy (non-hydrogen) atoms. The highest BCUT2D eigenvalue weighted by atomic mass is 35.5. The monoisotopic (exact) mass is 291 g/mol. The van der Waals surface area contributed by atoms with E-state index in [0.29, 0.717) is 16.5 Å². The summed E-state index contributed by atoms with van der Waals surface area (Å²) >= 11 is 5.75. The number of hydrogen-bond donors (Lipinski definition) is 1. The van der Waals surface area contributed by atoms with Gasteiger partial charge in [0.25, 0.3) is 0 Å². The average Bonchev–Trinajstić information content (AvgIpc) is 2.82. The normalized spacial score (nSPS) is 10.3. The lowest BCUT2D eigenvalue weighted by molar-refractivity contribution is -0.116. The number of benzene rings is 1. The highest BCUT2D eigenvalue weighted by Gasteiger charge is 2.10. The first-order chi connectivity index (χ1) is 9.56. The Bertz CT molecular complexity index is 620. The molecule has 2 aromatic rings. The zero-order chi connectivity index (χ0) is 14.5. The molecule has 0 saturated carbocycles. The van der Waals surface area contributed by atoms with Gasteiger partial charge in [0.2, 0.25) is 11.9 Å². The third-order valence-corrected chi connectivity index (χ3v) is 3.07. The largest absolute Gasteiger partial charge is 0.320 e. The highest BCUT2D eigenvalue weighted by molar-refractivity contribution is 6.30. The maximum atomic E-state index is 11.9. The maximum absolute atomic E-state index is 11.9. The quantitative estimate of drug-likeness (QED) is 0.862. The van der Waals surface area contributed by atoms with Crippen LogP contribution < -0.4 is 5.32 Å². The summed E-state index contributed by atoms with van der Waals surface area (Å²) in [6.45, 7) is 0. The van der Waals surface area contributed by atoms with Crippen LogP contribution in [-0.2, 0) is 11.8 Å². The van der Waals surface area contributed by atoms with Crippen LogP contribution in [0.3, 0.4) is 0 Å². The molecule has 1 amide bonds. The molecule has 0 aliphatic rings. The van der Waals surface area contributed by atoms with Crippen LogP contribution in [0.15, 0.2) is 36.7 Å². The summed E-state index contributed by atoms with van der Waals surface area (Å²) < 4.78 is 1.69. The summed E-state index contributed by atoms with van der Waals surface area (Å²) in [6, 6.07) is 6.62. The van der Waals surface area contributed by atoms with Gasteiger partial charge in [0.05, 0.1) is 0 Å². The van der Waals surface area contributed by atoms with Crippen molar-refractivity contribution in [2.75, 3.05) is 5.32 Å². The van der Waals surface area contributed by atoms with Crippen LogP contribution in [0.2, 0.25) is 5.02 Å². The van der Waals surface area contributed by atoms with Crippen molar-refractivity contribution < 1.29 is 9.59 Å². The van der Waals surface area contributed by atoms with Crippen molar-refractivity contribution in [1.29, 1.82) is 0 Å². The van der Waals surface area contributed by atoms with E-state index in [-0.39, 0.29) is 24.5 Å². The molecule has 0 radical (unpaired) electrons.